The summed E-state index contributed by atoms with van der Waals surface area (Å²) >= 11 is 0. The molecule has 1 atom stereocenters. The Morgan fingerprint density at radius 1 is 1.30 bits per heavy atom. The van der Waals surface area contributed by atoms with Gasteiger partial charge in [-0.15, -0.1) is 0 Å². The highest BCUT2D eigenvalue weighted by atomic mass is 16.2. The third-order valence-corrected chi connectivity index (χ3v) is 4.76. The van der Waals surface area contributed by atoms with E-state index in [9.17, 15) is 4.79 Å². The van der Waals surface area contributed by atoms with Crippen molar-refractivity contribution in [1.29, 1.82) is 0 Å². The van der Waals surface area contributed by atoms with Gasteiger partial charge in [0.2, 0.25) is 0 Å². The molecule has 2 rings (SSSR count). The fraction of sp³-hybridized carbons (Fsp3) is 0.778. The van der Waals surface area contributed by atoms with E-state index in [4.69, 9.17) is 0 Å². The molecule has 1 aromatic rings. The summed E-state index contributed by atoms with van der Waals surface area (Å²) in [4.78, 5) is 17.0. The lowest BCUT2D eigenvalue weighted by atomic mass is 10.1. The van der Waals surface area contributed by atoms with Crippen LogP contribution in [0.15, 0.2) is 6.07 Å². The van der Waals surface area contributed by atoms with Crippen LogP contribution in [0, 0.1) is 5.92 Å². The molecule has 0 aliphatic carbocycles. The average molecular weight is 320 g/mol. The van der Waals surface area contributed by atoms with Gasteiger partial charge in [0.25, 0.3) is 5.91 Å². The average Bonchev–Trinajstić information content (AvgIpc) is 3.12. The molecule has 5 heteroatoms. The summed E-state index contributed by atoms with van der Waals surface area (Å²) in [5, 5.41) is 4.47. The van der Waals surface area contributed by atoms with Crippen molar-refractivity contribution in [2.24, 2.45) is 13.0 Å². The Morgan fingerprint density at radius 2 is 1.96 bits per heavy atom. The molecule has 0 radical (unpaired) electrons. The molecule has 2 heterocycles. The molecular formula is C18H32N4O. The van der Waals surface area contributed by atoms with Gasteiger partial charge in [-0.3, -0.25) is 9.48 Å². The minimum Gasteiger partial charge on any atom is -0.340 e. The van der Waals surface area contributed by atoms with Crippen molar-refractivity contribution < 1.29 is 4.79 Å². The predicted molar refractivity (Wildman–Crippen MR) is 93.6 cm³/mol. The van der Waals surface area contributed by atoms with Crippen LogP contribution in [0.5, 0.6) is 0 Å². The van der Waals surface area contributed by atoms with Crippen LogP contribution in [0.1, 0.15) is 56.2 Å². The molecule has 0 unspecified atom stereocenters. The van der Waals surface area contributed by atoms with Crippen LogP contribution in [0.4, 0.5) is 0 Å². The van der Waals surface area contributed by atoms with Gasteiger partial charge in [0.1, 0.15) is 5.69 Å². The van der Waals surface area contributed by atoms with Crippen LogP contribution in [-0.2, 0) is 13.5 Å². The molecule has 130 valence electrons. The van der Waals surface area contributed by atoms with E-state index in [0.717, 1.165) is 25.1 Å². The van der Waals surface area contributed by atoms with E-state index in [1.807, 2.05) is 25.1 Å². The maximum Gasteiger partial charge on any atom is 0.271 e. The molecule has 0 N–H and O–H groups in total. The van der Waals surface area contributed by atoms with E-state index >= 15 is 0 Å². The van der Waals surface area contributed by atoms with Crippen molar-refractivity contribution in [2.45, 2.75) is 52.5 Å². The topological polar surface area (TPSA) is 41.4 Å². The number of likely N-dealkylation sites (tertiary alicyclic amines) is 1. The van der Waals surface area contributed by atoms with Crippen LogP contribution in [0.25, 0.3) is 0 Å². The van der Waals surface area contributed by atoms with Gasteiger partial charge in [0.15, 0.2) is 0 Å². The van der Waals surface area contributed by atoms with Crippen molar-refractivity contribution in [3.05, 3.63) is 17.5 Å². The first kappa shape index (κ1) is 18.0. The summed E-state index contributed by atoms with van der Waals surface area (Å²) < 4.78 is 1.72. The van der Waals surface area contributed by atoms with Gasteiger partial charge in [-0.05, 0) is 57.7 Å². The molecule has 5 nitrogen and oxygen atoms in total. The lowest BCUT2D eigenvalue weighted by Gasteiger charge is -2.26. The van der Waals surface area contributed by atoms with Crippen LogP contribution >= 0.6 is 0 Å². The fourth-order valence-corrected chi connectivity index (χ4v) is 3.29. The van der Waals surface area contributed by atoms with Crippen molar-refractivity contribution in [3.63, 3.8) is 0 Å². The quantitative estimate of drug-likeness (QED) is 0.775. The fourth-order valence-electron chi connectivity index (χ4n) is 3.29. The Hall–Kier alpha value is -1.36. The second-order valence-corrected chi connectivity index (χ2v) is 7.35. The number of aromatic nitrogens is 2. The van der Waals surface area contributed by atoms with E-state index in [1.54, 1.807) is 4.68 Å². The zero-order chi connectivity index (χ0) is 17.0. The third kappa shape index (κ3) is 4.80. The Balaban J connectivity index is 1.90. The predicted octanol–water partition coefficient (Wildman–Crippen LogP) is 2.57. The number of hydrogen-bond donors (Lipinski definition) is 0. The van der Waals surface area contributed by atoms with Crippen LogP contribution in [0.3, 0.4) is 0 Å². The molecule has 1 saturated heterocycles. The molecule has 23 heavy (non-hydrogen) atoms. The van der Waals surface area contributed by atoms with Crippen molar-refractivity contribution in [1.82, 2.24) is 19.6 Å². The number of carbonyl (C=O) groups excluding carboxylic acids is 1. The monoisotopic (exact) mass is 320 g/mol. The second-order valence-electron chi connectivity index (χ2n) is 7.35. The normalized spacial score (nSPS) is 17.0. The van der Waals surface area contributed by atoms with E-state index in [1.165, 1.54) is 25.9 Å². The van der Waals surface area contributed by atoms with Gasteiger partial charge in [0, 0.05) is 26.7 Å². The summed E-state index contributed by atoms with van der Waals surface area (Å²) in [7, 11) is 3.76. The van der Waals surface area contributed by atoms with Crippen LogP contribution in [-0.4, -0.2) is 58.2 Å². The Kier molecular flexibility index (Phi) is 6.22. The lowest BCUT2D eigenvalue weighted by molar-refractivity contribution is 0.0770. The SMILES string of the molecule is CC(C)Cc1cc(C(=O)N(C)CC[C@H](C)N2CCCC2)n(C)n1. The summed E-state index contributed by atoms with van der Waals surface area (Å²) in [5.74, 6) is 0.621. The van der Waals surface area contributed by atoms with E-state index in [0.29, 0.717) is 17.7 Å². The first-order valence-electron chi connectivity index (χ1n) is 8.91. The van der Waals surface area contributed by atoms with Crippen molar-refractivity contribution >= 4 is 5.91 Å². The lowest BCUT2D eigenvalue weighted by Crippen LogP contribution is -2.36. The van der Waals surface area contributed by atoms with Crippen LogP contribution in [0.2, 0.25) is 0 Å². The highest BCUT2D eigenvalue weighted by Gasteiger charge is 2.21. The summed E-state index contributed by atoms with van der Waals surface area (Å²) in [6, 6.07) is 2.50. The molecular weight excluding hydrogens is 288 g/mol. The number of aryl methyl sites for hydroxylation is 1. The van der Waals surface area contributed by atoms with E-state index in [-0.39, 0.29) is 5.91 Å². The van der Waals surface area contributed by atoms with Gasteiger partial charge in [-0.2, -0.15) is 5.10 Å². The molecule has 1 aliphatic heterocycles. The molecule has 0 spiro atoms. The molecule has 1 aromatic heterocycles. The van der Waals surface area contributed by atoms with E-state index < -0.39 is 0 Å². The first-order chi connectivity index (χ1) is 10.9. The molecule has 0 saturated carbocycles. The highest BCUT2D eigenvalue weighted by molar-refractivity contribution is 5.92. The van der Waals surface area contributed by atoms with Gasteiger partial charge < -0.3 is 9.80 Å². The summed E-state index contributed by atoms with van der Waals surface area (Å²) in [6.07, 6.45) is 4.56. The van der Waals surface area contributed by atoms with Crippen molar-refractivity contribution in [2.75, 3.05) is 26.7 Å². The largest absolute Gasteiger partial charge is 0.340 e. The number of carbonyl (C=O) groups is 1. The minimum atomic E-state index is 0.0728. The second kappa shape index (κ2) is 7.95. The van der Waals surface area contributed by atoms with Gasteiger partial charge in [-0.25, -0.2) is 0 Å². The Bertz CT molecular complexity index is 517. The maximum atomic E-state index is 12.6. The molecule has 1 amide bonds. The van der Waals surface area contributed by atoms with Crippen LogP contribution < -0.4 is 0 Å². The smallest absolute Gasteiger partial charge is 0.271 e. The zero-order valence-corrected chi connectivity index (χ0v) is 15.4. The molecule has 0 aromatic carbocycles. The first-order valence-corrected chi connectivity index (χ1v) is 8.91. The summed E-state index contributed by atoms with van der Waals surface area (Å²) in [6.45, 7) is 9.82. The maximum absolute atomic E-state index is 12.6. The standard InChI is InChI=1S/C18H32N4O/c1-14(2)12-16-13-17(21(5)19-16)18(23)20(4)11-8-15(3)22-9-6-7-10-22/h13-15H,6-12H2,1-5H3/t15-/m0/s1. The van der Waals surface area contributed by atoms with Gasteiger partial charge in [-0.1, -0.05) is 13.8 Å². The minimum absolute atomic E-state index is 0.0728. The molecule has 0 bridgehead atoms. The number of amides is 1. The Labute approximate surface area is 140 Å². The molecule has 1 aliphatic rings. The van der Waals surface area contributed by atoms with Crippen molar-refractivity contribution in [3.8, 4) is 0 Å². The Morgan fingerprint density at radius 3 is 2.57 bits per heavy atom. The zero-order valence-electron chi connectivity index (χ0n) is 15.4. The number of rotatable bonds is 7. The third-order valence-electron chi connectivity index (χ3n) is 4.76. The molecule has 1 fully saturated rings. The number of hydrogen-bond acceptors (Lipinski definition) is 3. The van der Waals surface area contributed by atoms with E-state index in [2.05, 4.69) is 30.8 Å². The highest BCUT2D eigenvalue weighted by Crippen LogP contribution is 2.15. The van der Waals surface area contributed by atoms with Gasteiger partial charge in [0.05, 0.1) is 5.69 Å². The summed E-state index contributed by atoms with van der Waals surface area (Å²) in [5.41, 5.74) is 1.70. The number of nitrogens with zero attached hydrogens (tertiary/aromatic N) is 4. The van der Waals surface area contributed by atoms with Gasteiger partial charge >= 0.3 is 0 Å².